The van der Waals surface area contributed by atoms with Gasteiger partial charge in [-0.25, -0.2) is 4.79 Å². The molecular weight excluding hydrogens is 248 g/mol. The fourth-order valence-electron chi connectivity index (χ4n) is 1.75. The molecule has 2 aromatic carbocycles. The van der Waals surface area contributed by atoms with Crippen LogP contribution in [0.4, 0.5) is 0 Å². The standard InChI is InChI=1S/C15H13ClO2/c1-2-18-15(17)14-6-4-3-5-13(14)11-7-9-12(16)10-8-11/h3-10H,2H2,1H3. The first-order valence-corrected chi connectivity index (χ1v) is 6.12. The molecule has 0 atom stereocenters. The first kappa shape index (κ1) is 12.7. The predicted octanol–water partition coefficient (Wildman–Crippen LogP) is 4.18. The van der Waals surface area contributed by atoms with Gasteiger partial charge in [-0.1, -0.05) is 41.9 Å². The van der Waals surface area contributed by atoms with Gasteiger partial charge in [0, 0.05) is 5.02 Å². The Labute approximate surface area is 111 Å². The lowest BCUT2D eigenvalue weighted by molar-refractivity contribution is 0.0527. The van der Waals surface area contributed by atoms with E-state index in [0.29, 0.717) is 17.2 Å². The molecule has 2 rings (SSSR count). The molecule has 0 fully saturated rings. The number of carbonyl (C=O) groups excluding carboxylic acids is 1. The summed E-state index contributed by atoms with van der Waals surface area (Å²) in [4.78, 5) is 11.9. The average Bonchev–Trinajstić information content (AvgIpc) is 2.40. The number of hydrogen-bond donors (Lipinski definition) is 0. The Balaban J connectivity index is 2.44. The summed E-state index contributed by atoms with van der Waals surface area (Å²) >= 11 is 5.86. The van der Waals surface area contributed by atoms with Gasteiger partial charge in [-0.05, 0) is 36.2 Å². The van der Waals surface area contributed by atoms with Crippen LogP contribution >= 0.6 is 11.6 Å². The number of benzene rings is 2. The van der Waals surface area contributed by atoms with E-state index in [1.807, 2.05) is 30.3 Å². The highest BCUT2D eigenvalue weighted by molar-refractivity contribution is 6.30. The number of hydrogen-bond acceptors (Lipinski definition) is 2. The summed E-state index contributed by atoms with van der Waals surface area (Å²) in [6.45, 7) is 2.16. The highest BCUT2D eigenvalue weighted by atomic mass is 35.5. The Bertz CT molecular complexity index is 547. The van der Waals surface area contributed by atoms with Crippen molar-refractivity contribution >= 4 is 17.6 Å². The molecule has 0 aliphatic heterocycles. The van der Waals surface area contributed by atoms with Crippen molar-refractivity contribution in [1.82, 2.24) is 0 Å². The minimum absolute atomic E-state index is 0.303. The monoisotopic (exact) mass is 260 g/mol. The largest absolute Gasteiger partial charge is 0.462 e. The van der Waals surface area contributed by atoms with Crippen molar-refractivity contribution in [2.75, 3.05) is 6.61 Å². The molecule has 2 nitrogen and oxygen atoms in total. The van der Waals surface area contributed by atoms with Crippen LogP contribution in [0.3, 0.4) is 0 Å². The van der Waals surface area contributed by atoms with Gasteiger partial charge in [0.1, 0.15) is 0 Å². The zero-order valence-electron chi connectivity index (χ0n) is 10.0. The molecule has 92 valence electrons. The van der Waals surface area contributed by atoms with Gasteiger partial charge >= 0.3 is 5.97 Å². The zero-order valence-corrected chi connectivity index (χ0v) is 10.8. The number of esters is 1. The van der Waals surface area contributed by atoms with Crippen molar-refractivity contribution in [1.29, 1.82) is 0 Å². The van der Waals surface area contributed by atoms with Gasteiger partial charge in [0.15, 0.2) is 0 Å². The van der Waals surface area contributed by atoms with E-state index >= 15 is 0 Å². The first-order valence-electron chi connectivity index (χ1n) is 5.74. The molecule has 0 saturated heterocycles. The normalized spacial score (nSPS) is 10.1. The zero-order chi connectivity index (χ0) is 13.0. The average molecular weight is 261 g/mol. The lowest BCUT2D eigenvalue weighted by Crippen LogP contribution is -2.06. The van der Waals surface area contributed by atoms with E-state index in [-0.39, 0.29) is 5.97 Å². The molecule has 18 heavy (non-hydrogen) atoms. The third-order valence-electron chi connectivity index (χ3n) is 2.58. The van der Waals surface area contributed by atoms with Crippen molar-refractivity contribution in [3.05, 3.63) is 59.1 Å². The van der Waals surface area contributed by atoms with Gasteiger partial charge in [0.2, 0.25) is 0 Å². The molecule has 0 amide bonds. The van der Waals surface area contributed by atoms with Gasteiger partial charge < -0.3 is 4.74 Å². The Hall–Kier alpha value is -1.80. The van der Waals surface area contributed by atoms with E-state index < -0.39 is 0 Å². The van der Waals surface area contributed by atoms with Crippen LogP contribution in [0.2, 0.25) is 5.02 Å². The second-order valence-corrected chi connectivity index (χ2v) is 4.21. The van der Waals surface area contributed by atoms with Gasteiger partial charge in [-0.2, -0.15) is 0 Å². The third kappa shape index (κ3) is 2.71. The number of halogens is 1. The maximum atomic E-state index is 11.9. The molecule has 0 aliphatic carbocycles. The first-order chi connectivity index (χ1) is 8.72. The number of rotatable bonds is 3. The van der Waals surface area contributed by atoms with Gasteiger partial charge in [0.05, 0.1) is 12.2 Å². The third-order valence-corrected chi connectivity index (χ3v) is 2.83. The van der Waals surface area contributed by atoms with Crippen LogP contribution in [0.1, 0.15) is 17.3 Å². The van der Waals surface area contributed by atoms with E-state index in [2.05, 4.69) is 0 Å². The summed E-state index contributed by atoms with van der Waals surface area (Å²) in [5, 5.41) is 0.673. The second kappa shape index (κ2) is 5.69. The van der Waals surface area contributed by atoms with Crippen LogP contribution in [0, 0.1) is 0 Å². The minimum atomic E-state index is -0.303. The fourth-order valence-corrected chi connectivity index (χ4v) is 1.88. The van der Waals surface area contributed by atoms with E-state index in [1.165, 1.54) is 0 Å². The van der Waals surface area contributed by atoms with Crippen molar-refractivity contribution in [3.8, 4) is 11.1 Å². The molecule has 0 aliphatic rings. The fraction of sp³-hybridized carbons (Fsp3) is 0.133. The summed E-state index contributed by atoms with van der Waals surface area (Å²) < 4.78 is 5.05. The summed E-state index contributed by atoms with van der Waals surface area (Å²) in [6.07, 6.45) is 0. The van der Waals surface area contributed by atoms with Crippen LogP contribution in [0.5, 0.6) is 0 Å². The lowest BCUT2D eigenvalue weighted by Gasteiger charge is -2.08. The smallest absolute Gasteiger partial charge is 0.338 e. The van der Waals surface area contributed by atoms with Crippen LogP contribution in [-0.2, 0) is 4.74 Å². The summed E-state index contributed by atoms with van der Waals surface area (Å²) in [7, 11) is 0. The maximum absolute atomic E-state index is 11.9. The maximum Gasteiger partial charge on any atom is 0.338 e. The molecule has 0 N–H and O–H groups in total. The molecule has 2 aromatic rings. The highest BCUT2D eigenvalue weighted by Crippen LogP contribution is 2.25. The summed E-state index contributed by atoms with van der Waals surface area (Å²) in [6, 6.07) is 14.8. The Morgan fingerprint density at radius 1 is 1.11 bits per heavy atom. The molecule has 0 aromatic heterocycles. The van der Waals surface area contributed by atoms with Crippen molar-refractivity contribution in [3.63, 3.8) is 0 Å². The van der Waals surface area contributed by atoms with Gasteiger partial charge in [-0.3, -0.25) is 0 Å². The van der Waals surface area contributed by atoms with E-state index in [1.54, 1.807) is 25.1 Å². The summed E-state index contributed by atoms with van der Waals surface area (Å²) in [5.41, 5.74) is 2.37. The Kier molecular flexibility index (Phi) is 4.00. The van der Waals surface area contributed by atoms with E-state index in [9.17, 15) is 4.79 Å². The second-order valence-electron chi connectivity index (χ2n) is 3.77. The molecular formula is C15H13ClO2. The van der Waals surface area contributed by atoms with Gasteiger partial charge in [-0.15, -0.1) is 0 Å². The lowest BCUT2D eigenvalue weighted by atomic mass is 10.00. The van der Waals surface area contributed by atoms with Crippen LogP contribution in [0.25, 0.3) is 11.1 Å². The molecule has 0 saturated carbocycles. The van der Waals surface area contributed by atoms with Crippen molar-refractivity contribution in [2.24, 2.45) is 0 Å². The van der Waals surface area contributed by atoms with E-state index in [0.717, 1.165) is 11.1 Å². The molecule has 0 heterocycles. The minimum Gasteiger partial charge on any atom is -0.462 e. The molecule has 3 heteroatoms. The van der Waals surface area contributed by atoms with E-state index in [4.69, 9.17) is 16.3 Å². The highest BCUT2D eigenvalue weighted by Gasteiger charge is 2.12. The molecule has 0 radical (unpaired) electrons. The quantitative estimate of drug-likeness (QED) is 0.774. The van der Waals surface area contributed by atoms with Crippen molar-refractivity contribution < 1.29 is 9.53 Å². The molecule has 0 unspecified atom stereocenters. The Morgan fingerprint density at radius 2 is 1.78 bits per heavy atom. The number of carbonyl (C=O) groups is 1. The summed E-state index contributed by atoms with van der Waals surface area (Å²) in [5.74, 6) is -0.303. The Morgan fingerprint density at radius 3 is 2.44 bits per heavy atom. The molecule has 0 spiro atoms. The van der Waals surface area contributed by atoms with Crippen molar-refractivity contribution in [2.45, 2.75) is 6.92 Å². The molecule has 0 bridgehead atoms. The number of ether oxygens (including phenoxy) is 1. The van der Waals surface area contributed by atoms with Crippen LogP contribution in [-0.4, -0.2) is 12.6 Å². The van der Waals surface area contributed by atoms with Crippen LogP contribution < -0.4 is 0 Å². The predicted molar refractivity (Wildman–Crippen MR) is 72.8 cm³/mol. The topological polar surface area (TPSA) is 26.3 Å². The van der Waals surface area contributed by atoms with Crippen LogP contribution in [0.15, 0.2) is 48.5 Å². The SMILES string of the molecule is CCOC(=O)c1ccccc1-c1ccc(Cl)cc1. The van der Waals surface area contributed by atoms with Gasteiger partial charge in [0.25, 0.3) is 0 Å².